The molecule has 0 spiro atoms. The maximum Gasteiger partial charge on any atom is 0.240 e. The molecule has 1 saturated heterocycles. The second kappa shape index (κ2) is 9.78. The van der Waals surface area contributed by atoms with Gasteiger partial charge in [-0.2, -0.15) is 0 Å². The van der Waals surface area contributed by atoms with E-state index >= 15 is 0 Å². The largest absolute Gasteiger partial charge is 0.301 e. The van der Waals surface area contributed by atoms with Crippen LogP contribution in [0.25, 0.3) is 10.2 Å². The zero-order valence-corrected chi connectivity index (χ0v) is 17.9. The number of aromatic nitrogens is 1. The molecular weight excluding hydrogens is 396 g/mol. The van der Waals surface area contributed by atoms with Crippen LogP contribution in [0.5, 0.6) is 0 Å². The number of thiazole rings is 1. The quantitative estimate of drug-likeness (QED) is 0.635. The molecule has 9 heteroatoms. The molecule has 1 aromatic heterocycles. The van der Waals surface area contributed by atoms with E-state index in [1.807, 2.05) is 6.92 Å². The highest BCUT2D eigenvalue weighted by atomic mass is 32.2. The number of likely N-dealkylation sites (tertiary alicyclic amines) is 1. The van der Waals surface area contributed by atoms with Gasteiger partial charge in [-0.1, -0.05) is 37.5 Å². The maximum atomic E-state index is 12.4. The van der Waals surface area contributed by atoms with Crippen LogP contribution < -0.4 is 10.0 Å². The number of unbranched alkanes of at least 4 members (excludes halogenated alkanes) is 1. The minimum absolute atomic E-state index is 0.0740. The summed E-state index contributed by atoms with van der Waals surface area (Å²) in [7, 11) is -3.53. The van der Waals surface area contributed by atoms with Crippen molar-refractivity contribution in [3.05, 3.63) is 18.2 Å². The summed E-state index contributed by atoms with van der Waals surface area (Å²) in [6, 6.07) is 4.86. The zero-order valence-electron chi connectivity index (χ0n) is 16.2. The predicted molar refractivity (Wildman–Crippen MR) is 113 cm³/mol. The van der Waals surface area contributed by atoms with Crippen molar-refractivity contribution < 1.29 is 13.2 Å². The zero-order chi connectivity index (χ0) is 20.0. The number of fused-ring (bicyclic) bond motifs is 1. The number of benzene rings is 1. The summed E-state index contributed by atoms with van der Waals surface area (Å²) in [5.74, 6) is -0.0740. The highest BCUT2D eigenvalue weighted by molar-refractivity contribution is 7.89. The molecule has 2 heterocycles. The molecule has 28 heavy (non-hydrogen) atoms. The molecule has 1 aliphatic rings. The Kier molecular flexibility index (Phi) is 7.39. The van der Waals surface area contributed by atoms with Crippen LogP contribution in [0.3, 0.4) is 0 Å². The first kappa shape index (κ1) is 21.2. The van der Waals surface area contributed by atoms with E-state index < -0.39 is 10.0 Å². The van der Waals surface area contributed by atoms with Gasteiger partial charge in [0.05, 0.1) is 21.7 Å². The minimum atomic E-state index is -3.53. The average molecular weight is 425 g/mol. The van der Waals surface area contributed by atoms with Gasteiger partial charge in [-0.15, -0.1) is 0 Å². The molecule has 0 atom stereocenters. The normalized spacial score (nSPS) is 16.2. The molecule has 0 unspecified atom stereocenters. The molecule has 154 valence electrons. The summed E-state index contributed by atoms with van der Waals surface area (Å²) < 4.78 is 28.1. The van der Waals surface area contributed by atoms with Gasteiger partial charge in [-0.25, -0.2) is 18.1 Å². The average Bonchev–Trinajstić information content (AvgIpc) is 2.87. The number of anilines is 1. The summed E-state index contributed by atoms with van der Waals surface area (Å²) in [6.07, 6.45) is 6.46. The number of rotatable bonds is 8. The minimum Gasteiger partial charge on any atom is -0.301 e. The van der Waals surface area contributed by atoms with Gasteiger partial charge in [0.1, 0.15) is 0 Å². The van der Waals surface area contributed by atoms with Crippen LogP contribution in [0.1, 0.15) is 45.4 Å². The maximum absolute atomic E-state index is 12.4. The lowest BCUT2D eigenvalue weighted by molar-refractivity contribution is -0.117. The van der Waals surface area contributed by atoms with Gasteiger partial charge < -0.3 is 5.32 Å². The monoisotopic (exact) mass is 424 g/mol. The van der Waals surface area contributed by atoms with Crippen LogP contribution in [0.4, 0.5) is 5.13 Å². The first-order valence-corrected chi connectivity index (χ1v) is 12.2. The van der Waals surface area contributed by atoms with Gasteiger partial charge in [0, 0.05) is 6.54 Å². The first-order chi connectivity index (χ1) is 13.5. The molecule has 3 rings (SSSR count). The Balaban J connectivity index is 1.66. The molecule has 1 amide bonds. The van der Waals surface area contributed by atoms with Crippen molar-refractivity contribution in [2.45, 2.75) is 50.3 Å². The number of nitrogens with one attached hydrogen (secondary N) is 2. The highest BCUT2D eigenvalue weighted by Gasteiger charge is 2.17. The molecule has 7 nitrogen and oxygen atoms in total. The van der Waals surface area contributed by atoms with Crippen molar-refractivity contribution in [2.24, 2.45) is 0 Å². The third-order valence-corrected chi connectivity index (χ3v) is 7.20. The topological polar surface area (TPSA) is 91.4 Å². The standard InChI is InChI=1S/C19H28N4O3S2/c1-2-3-10-20-28(25,26)15-8-9-16-17(13-15)27-19(21-16)22-18(24)14-23-11-6-4-5-7-12-23/h8-9,13,20H,2-7,10-12,14H2,1H3,(H,21,22,24). The molecule has 0 saturated carbocycles. The van der Waals surface area contributed by atoms with Crippen molar-refractivity contribution in [1.82, 2.24) is 14.6 Å². The number of hydrogen-bond acceptors (Lipinski definition) is 6. The number of sulfonamides is 1. The molecule has 1 fully saturated rings. The third-order valence-electron chi connectivity index (χ3n) is 4.80. The van der Waals surface area contributed by atoms with E-state index in [4.69, 9.17) is 0 Å². The summed E-state index contributed by atoms with van der Waals surface area (Å²) in [5, 5.41) is 3.36. The van der Waals surface area contributed by atoms with Crippen LogP contribution in [-0.4, -0.2) is 50.4 Å². The lowest BCUT2D eigenvalue weighted by Gasteiger charge is -2.18. The second-order valence-corrected chi connectivity index (χ2v) is 9.94. The van der Waals surface area contributed by atoms with Crippen molar-refractivity contribution >= 4 is 42.6 Å². The predicted octanol–water partition coefficient (Wildman–Crippen LogP) is 3.19. The fourth-order valence-electron chi connectivity index (χ4n) is 3.25. The molecule has 0 bridgehead atoms. The number of nitrogens with zero attached hydrogens (tertiary/aromatic N) is 2. The number of carbonyl (C=O) groups excluding carboxylic acids is 1. The Morgan fingerprint density at radius 2 is 1.96 bits per heavy atom. The Bertz CT molecular complexity index is 903. The number of hydrogen-bond donors (Lipinski definition) is 2. The van der Waals surface area contributed by atoms with Crippen LogP contribution in [0, 0.1) is 0 Å². The molecular formula is C19H28N4O3S2. The summed E-state index contributed by atoms with van der Waals surface area (Å²) in [4.78, 5) is 19.2. The van der Waals surface area contributed by atoms with Crippen molar-refractivity contribution in [1.29, 1.82) is 0 Å². The summed E-state index contributed by atoms with van der Waals surface area (Å²) in [6.45, 7) is 4.73. The van der Waals surface area contributed by atoms with Crippen molar-refractivity contribution in [3.63, 3.8) is 0 Å². The SMILES string of the molecule is CCCCNS(=O)(=O)c1ccc2nc(NC(=O)CN3CCCCCC3)sc2c1. The number of carbonyl (C=O) groups is 1. The summed E-state index contributed by atoms with van der Waals surface area (Å²) in [5.41, 5.74) is 0.683. The van der Waals surface area contributed by atoms with Crippen LogP contribution in [0.15, 0.2) is 23.1 Å². The van der Waals surface area contributed by atoms with E-state index in [9.17, 15) is 13.2 Å². The van der Waals surface area contributed by atoms with E-state index in [1.165, 1.54) is 24.2 Å². The Hall–Kier alpha value is -1.55. The molecule has 2 N–H and O–H groups in total. The lowest BCUT2D eigenvalue weighted by atomic mass is 10.2. The van der Waals surface area contributed by atoms with E-state index in [0.29, 0.717) is 23.7 Å². The van der Waals surface area contributed by atoms with Gasteiger partial charge in [-0.05, 0) is 50.6 Å². The molecule has 1 aliphatic heterocycles. The third kappa shape index (κ3) is 5.73. The van der Waals surface area contributed by atoms with Gasteiger partial charge in [0.25, 0.3) is 0 Å². The van der Waals surface area contributed by atoms with Crippen molar-refractivity contribution in [2.75, 3.05) is 31.5 Å². The lowest BCUT2D eigenvalue weighted by Crippen LogP contribution is -2.33. The van der Waals surface area contributed by atoms with Gasteiger partial charge in [-0.3, -0.25) is 9.69 Å². The van der Waals surface area contributed by atoms with E-state index in [-0.39, 0.29) is 10.8 Å². The molecule has 2 aromatic rings. The number of amides is 1. The van der Waals surface area contributed by atoms with Crippen LogP contribution in [-0.2, 0) is 14.8 Å². The Labute approximate surface area is 170 Å². The van der Waals surface area contributed by atoms with Gasteiger partial charge in [0.2, 0.25) is 15.9 Å². The van der Waals surface area contributed by atoms with E-state index in [1.54, 1.807) is 18.2 Å². The molecule has 0 radical (unpaired) electrons. The van der Waals surface area contributed by atoms with Crippen LogP contribution >= 0.6 is 11.3 Å². The smallest absolute Gasteiger partial charge is 0.240 e. The fraction of sp³-hybridized carbons (Fsp3) is 0.579. The van der Waals surface area contributed by atoms with E-state index in [0.717, 1.165) is 43.5 Å². The van der Waals surface area contributed by atoms with Gasteiger partial charge >= 0.3 is 0 Å². The molecule has 0 aliphatic carbocycles. The van der Waals surface area contributed by atoms with Gasteiger partial charge in [0.15, 0.2) is 5.13 Å². The first-order valence-electron chi connectivity index (χ1n) is 9.90. The fourth-order valence-corrected chi connectivity index (χ4v) is 5.34. The van der Waals surface area contributed by atoms with E-state index in [2.05, 4.69) is 19.9 Å². The Morgan fingerprint density at radius 3 is 2.68 bits per heavy atom. The Morgan fingerprint density at radius 1 is 1.21 bits per heavy atom. The highest BCUT2D eigenvalue weighted by Crippen LogP contribution is 2.28. The van der Waals surface area contributed by atoms with Crippen LogP contribution in [0.2, 0.25) is 0 Å². The summed E-state index contributed by atoms with van der Waals surface area (Å²) >= 11 is 1.30. The molecule has 1 aromatic carbocycles. The second-order valence-electron chi connectivity index (χ2n) is 7.14. The van der Waals surface area contributed by atoms with Crippen molar-refractivity contribution in [3.8, 4) is 0 Å².